The second kappa shape index (κ2) is 10.9. The second-order valence-electron chi connectivity index (χ2n) is 15.9. The molecule has 1 heterocycles. The van der Waals surface area contributed by atoms with Crippen LogP contribution in [0.5, 0.6) is 11.5 Å². The first kappa shape index (κ1) is 32.8. The standard InChI is InChI=1S/C49H37F3O2/c1-46(2)40-26-30(17-22-34(40)36-21-14-28-10-6-7-11-33(28)43(36)46)48(29-15-19-32(53-5)20-16-29)25-24-39-44-42(35-12-8-9-13-37(35)45(39)54-48)38-23-18-31(49(50,51)52)27-41(38)47(44,3)4/h6-27H,1-5H3. The first-order valence-corrected chi connectivity index (χ1v) is 18.4. The molecular weight excluding hydrogens is 678 g/mol. The SMILES string of the molecule is COc1ccc(C2(c3ccc4c(c3)C(C)(C)c3c-4ccc4ccccc34)C=Cc3c4c(c5ccccc5c3O2)-c2ccc(C(F)(F)F)cc2C4(C)C)cc1. The smallest absolute Gasteiger partial charge is 0.416 e. The van der Waals surface area contributed by atoms with Crippen LogP contribution < -0.4 is 9.47 Å². The van der Waals surface area contributed by atoms with Gasteiger partial charge >= 0.3 is 6.18 Å². The van der Waals surface area contributed by atoms with E-state index in [4.69, 9.17) is 9.47 Å². The Balaban J connectivity index is 1.21. The van der Waals surface area contributed by atoms with E-state index < -0.39 is 22.8 Å². The second-order valence-corrected chi connectivity index (χ2v) is 15.9. The van der Waals surface area contributed by atoms with Gasteiger partial charge in [0.05, 0.1) is 12.7 Å². The van der Waals surface area contributed by atoms with Crippen LogP contribution in [0, 0.1) is 0 Å². The summed E-state index contributed by atoms with van der Waals surface area (Å²) in [5.41, 5.74) is 8.61. The number of alkyl halides is 3. The number of benzene rings is 7. The van der Waals surface area contributed by atoms with E-state index in [2.05, 4.69) is 105 Å². The van der Waals surface area contributed by atoms with Crippen LogP contribution in [0.1, 0.15) is 72.2 Å². The minimum absolute atomic E-state index is 0.280. The Bertz CT molecular complexity index is 2770. The quantitative estimate of drug-likeness (QED) is 0.181. The molecule has 10 rings (SSSR count). The molecule has 266 valence electrons. The van der Waals surface area contributed by atoms with Crippen LogP contribution in [0.25, 0.3) is 49.9 Å². The molecule has 0 fully saturated rings. The molecule has 0 saturated carbocycles. The average Bonchev–Trinajstić information content (AvgIpc) is 3.57. The van der Waals surface area contributed by atoms with Crippen molar-refractivity contribution in [1.82, 2.24) is 0 Å². The van der Waals surface area contributed by atoms with Gasteiger partial charge in [0, 0.05) is 32.9 Å². The fourth-order valence-corrected chi connectivity index (χ4v) is 9.76. The lowest BCUT2D eigenvalue weighted by Gasteiger charge is -2.39. The number of hydrogen-bond donors (Lipinski definition) is 0. The zero-order valence-electron chi connectivity index (χ0n) is 30.7. The van der Waals surface area contributed by atoms with Crippen molar-refractivity contribution in [3.63, 3.8) is 0 Å². The number of fused-ring (bicyclic) bond motifs is 13. The molecule has 0 saturated heterocycles. The van der Waals surface area contributed by atoms with Crippen molar-refractivity contribution in [2.24, 2.45) is 0 Å². The van der Waals surface area contributed by atoms with Gasteiger partial charge in [-0.15, -0.1) is 0 Å². The van der Waals surface area contributed by atoms with Crippen molar-refractivity contribution in [3.8, 4) is 33.8 Å². The van der Waals surface area contributed by atoms with E-state index in [0.717, 1.165) is 49.9 Å². The number of methoxy groups -OCH3 is 1. The summed E-state index contributed by atoms with van der Waals surface area (Å²) in [6.45, 7) is 8.66. The van der Waals surface area contributed by atoms with Gasteiger partial charge in [-0.3, -0.25) is 0 Å². The monoisotopic (exact) mass is 714 g/mol. The molecule has 1 unspecified atom stereocenters. The summed E-state index contributed by atoms with van der Waals surface area (Å²) in [6, 6.07) is 40.1. The molecule has 2 aliphatic carbocycles. The Kier molecular flexibility index (Phi) is 6.61. The molecule has 0 bridgehead atoms. The Morgan fingerprint density at radius 3 is 1.96 bits per heavy atom. The zero-order valence-corrected chi connectivity index (χ0v) is 30.7. The van der Waals surface area contributed by atoms with Gasteiger partial charge in [-0.05, 0) is 97.1 Å². The Hall–Kier alpha value is -5.81. The molecule has 0 amide bonds. The van der Waals surface area contributed by atoms with E-state index in [1.54, 1.807) is 13.2 Å². The van der Waals surface area contributed by atoms with Gasteiger partial charge in [-0.2, -0.15) is 13.2 Å². The summed E-state index contributed by atoms with van der Waals surface area (Å²) >= 11 is 0. The normalized spacial score (nSPS) is 18.4. The molecule has 0 spiro atoms. The number of hydrogen-bond acceptors (Lipinski definition) is 2. The maximum absolute atomic E-state index is 14.1. The Morgan fingerprint density at radius 1 is 0.593 bits per heavy atom. The van der Waals surface area contributed by atoms with E-state index in [-0.39, 0.29) is 5.41 Å². The van der Waals surface area contributed by atoms with Crippen LogP contribution in [-0.4, -0.2) is 7.11 Å². The Morgan fingerprint density at radius 2 is 1.22 bits per heavy atom. The highest BCUT2D eigenvalue weighted by molar-refractivity contribution is 6.08. The third-order valence-corrected chi connectivity index (χ3v) is 12.4. The topological polar surface area (TPSA) is 18.5 Å². The van der Waals surface area contributed by atoms with Crippen LogP contribution in [0.2, 0.25) is 0 Å². The molecule has 1 aliphatic heterocycles. The molecule has 2 nitrogen and oxygen atoms in total. The average molecular weight is 715 g/mol. The van der Waals surface area contributed by atoms with E-state index >= 15 is 0 Å². The van der Waals surface area contributed by atoms with E-state index in [9.17, 15) is 13.2 Å². The van der Waals surface area contributed by atoms with Gasteiger partial charge in [0.15, 0.2) is 5.60 Å². The summed E-state index contributed by atoms with van der Waals surface area (Å²) in [5.74, 6) is 1.46. The molecule has 54 heavy (non-hydrogen) atoms. The predicted octanol–water partition coefficient (Wildman–Crippen LogP) is 13.0. The highest BCUT2D eigenvalue weighted by Crippen LogP contribution is 2.59. The van der Waals surface area contributed by atoms with Crippen molar-refractivity contribution in [2.45, 2.75) is 50.3 Å². The molecule has 0 N–H and O–H groups in total. The molecule has 3 aliphatic rings. The molecule has 5 heteroatoms. The summed E-state index contributed by atoms with van der Waals surface area (Å²) in [7, 11) is 1.66. The third kappa shape index (κ3) is 4.30. The minimum atomic E-state index is -4.44. The summed E-state index contributed by atoms with van der Waals surface area (Å²) < 4.78 is 55.3. The van der Waals surface area contributed by atoms with Gasteiger partial charge in [0.2, 0.25) is 0 Å². The molecular formula is C49H37F3O2. The number of ether oxygens (including phenoxy) is 2. The molecule has 1 atom stereocenters. The zero-order chi connectivity index (χ0) is 37.4. The summed E-state index contributed by atoms with van der Waals surface area (Å²) in [5, 5.41) is 4.35. The molecule has 7 aromatic rings. The van der Waals surface area contributed by atoms with Crippen LogP contribution in [0.3, 0.4) is 0 Å². The van der Waals surface area contributed by atoms with Gasteiger partial charge in [-0.25, -0.2) is 0 Å². The highest BCUT2D eigenvalue weighted by atomic mass is 19.4. The molecule has 0 radical (unpaired) electrons. The predicted molar refractivity (Wildman–Crippen MR) is 211 cm³/mol. The van der Waals surface area contributed by atoms with Gasteiger partial charge in [0.1, 0.15) is 11.5 Å². The lowest BCUT2D eigenvalue weighted by Crippen LogP contribution is -2.35. The van der Waals surface area contributed by atoms with Crippen molar-refractivity contribution >= 4 is 27.6 Å². The van der Waals surface area contributed by atoms with Crippen LogP contribution in [0.15, 0.2) is 127 Å². The number of halogens is 3. The van der Waals surface area contributed by atoms with Gasteiger partial charge in [0.25, 0.3) is 0 Å². The lowest BCUT2D eigenvalue weighted by molar-refractivity contribution is -0.137. The fraction of sp³-hybridized carbons (Fsp3) is 0.184. The summed E-state index contributed by atoms with van der Waals surface area (Å²) in [6.07, 6.45) is -0.160. The van der Waals surface area contributed by atoms with E-state index in [1.807, 2.05) is 38.1 Å². The molecule has 7 aromatic carbocycles. The van der Waals surface area contributed by atoms with Crippen LogP contribution >= 0.6 is 0 Å². The van der Waals surface area contributed by atoms with E-state index in [1.165, 1.54) is 45.2 Å². The van der Waals surface area contributed by atoms with Crippen LogP contribution in [-0.2, 0) is 22.6 Å². The van der Waals surface area contributed by atoms with Crippen molar-refractivity contribution < 1.29 is 22.6 Å². The summed E-state index contributed by atoms with van der Waals surface area (Å²) in [4.78, 5) is 0. The van der Waals surface area contributed by atoms with Gasteiger partial charge in [-0.1, -0.05) is 125 Å². The van der Waals surface area contributed by atoms with Crippen molar-refractivity contribution in [3.05, 3.63) is 172 Å². The largest absolute Gasteiger partial charge is 0.497 e. The van der Waals surface area contributed by atoms with E-state index in [0.29, 0.717) is 11.3 Å². The van der Waals surface area contributed by atoms with Crippen LogP contribution in [0.4, 0.5) is 13.2 Å². The van der Waals surface area contributed by atoms with Crippen molar-refractivity contribution in [1.29, 1.82) is 0 Å². The first-order chi connectivity index (χ1) is 25.8. The maximum Gasteiger partial charge on any atom is 0.416 e. The Labute approximate surface area is 312 Å². The lowest BCUT2D eigenvalue weighted by atomic mass is 9.75. The minimum Gasteiger partial charge on any atom is -0.497 e. The third-order valence-electron chi connectivity index (χ3n) is 12.4. The van der Waals surface area contributed by atoms with Gasteiger partial charge < -0.3 is 9.47 Å². The number of rotatable bonds is 3. The fourth-order valence-electron chi connectivity index (χ4n) is 9.76. The van der Waals surface area contributed by atoms with Crippen molar-refractivity contribution in [2.75, 3.05) is 7.11 Å². The highest BCUT2D eigenvalue weighted by Gasteiger charge is 2.46. The first-order valence-electron chi connectivity index (χ1n) is 18.4. The maximum atomic E-state index is 14.1. The molecule has 0 aromatic heterocycles.